The number of carbonyl (C=O) groups excluding carboxylic acids is 4. The molecule has 0 spiro atoms. The number of nitrogens with zero attached hydrogens (tertiary/aromatic N) is 1. The van der Waals surface area contributed by atoms with E-state index >= 15 is 0 Å². The Kier molecular flexibility index (Phi) is 10.5. The van der Waals surface area contributed by atoms with Crippen LogP contribution in [0.15, 0.2) is 53.9 Å². The van der Waals surface area contributed by atoms with Crippen molar-refractivity contribution in [3.05, 3.63) is 82.0 Å². The minimum absolute atomic E-state index is 0.0176. The average molecular weight is 687 g/mol. The fourth-order valence-corrected chi connectivity index (χ4v) is 6.16. The molecule has 13 heteroatoms. The number of rotatable bonds is 9. The first kappa shape index (κ1) is 34.9. The number of amides is 3. The van der Waals surface area contributed by atoms with Gasteiger partial charge in [-0.05, 0) is 86.2 Å². The van der Waals surface area contributed by atoms with Crippen LogP contribution in [0.5, 0.6) is 11.5 Å². The molecule has 5 rings (SSSR count). The Labute approximate surface area is 287 Å². The Bertz CT molecular complexity index is 1910. The third kappa shape index (κ3) is 8.18. The number of phenolic OH excluding ortho intramolecular Hbond substituents is 1. The third-order valence-electron chi connectivity index (χ3n) is 7.46. The van der Waals surface area contributed by atoms with Gasteiger partial charge in [0.15, 0.2) is 5.69 Å². The van der Waals surface area contributed by atoms with Crippen LogP contribution in [0, 0.1) is 0 Å². The van der Waals surface area contributed by atoms with Crippen LogP contribution >= 0.6 is 11.3 Å². The summed E-state index contributed by atoms with van der Waals surface area (Å²) < 4.78 is 16.4. The lowest BCUT2D eigenvalue weighted by molar-refractivity contribution is 0.0521. The van der Waals surface area contributed by atoms with Gasteiger partial charge in [0.05, 0.1) is 19.4 Å². The first-order valence-electron chi connectivity index (χ1n) is 15.7. The van der Waals surface area contributed by atoms with E-state index in [2.05, 4.69) is 20.9 Å². The number of ether oxygens (including phenoxy) is 3. The van der Waals surface area contributed by atoms with E-state index in [1.54, 1.807) is 45.0 Å². The number of nitrogens with one attached hydrogen (secondary N) is 3. The number of fused-ring (bicyclic) bond motifs is 3. The summed E-state index contributed by atoms with van der Waals surface area (Å²) >= 11 is 1.52. The summed E-state index contributed by atoms with van der Waals surface area (Å²) in [5.74, 6) is -1.55. The van der Waals surface area contributed by atoms with Gasteiger partial charge < -0.3 is 35.3 Å². The Morgan fingerprint density at radius 2 is 1.78 bits per heavy atom. The van der Waals surface area contributed by atoms with Crippen LogP contribution in [-0.2, 0) is 22.4 Å². The number of thiophene rings is 1. The zero-order valence-electron chi connectivity index (χ0n) is 27.9. The Hall–Kier alpha value is -5.43. The molecule has 2 aromatic carbocycles. The molecule has 1 aliphatic heterocycles. The molecule has 0 aliphatic carbocycles. The van der Waals surface area contributed by atoms with Gasteiger partial charge in [-0.25, -0.2) is 14.6 Å². The first-order chi connectivity index (χ1) is 23.4. The molecule has 0 saturated heterocycles. The fraction of sp³-hybridized carbons (Fsp3) is 0.306. The van der Waals surface area contributed by atoms with Crippen LogP contribution in [0.4, 0.5) is 10.5 Å². The number of benzene rings is 2. The van der Waals surface area contributed by atoms with Crippen molar-refractivity contribution in [2.75, 3.05) is 25.6 Å². The van der Waals surface area contributed by atoms with Gasteiger partial charge in [0, 0.05) is 46.6 Å². The first-order valence-corrected chi connectivity index (χ1v) is 16.6. The average Bonchev–Trinajstić information content (AvgIpc) is 3.47. The fourth-order valence-electron chi connectivity index (χ4n) is 5.18. The zero-order chi connectivity index (χ0) is 35.3. The second-order valence-corrected chi connectivity index (χ2v) is 13.2. The summed E-state index contributed by atoms with van der Waals surface area (Å²) in [5.41, 5.74) is 2.39. The quantitative estimate of drug-likeness (QED) is 0.116. The molecular formula is C36H38N4O8S. The number of carbonyl (C=O) groups is 4. The highest BCUT2D eigenvalue weighted by molar-refractivity contribution is 7.13. The number of pyridine rings is 1. The second-order valence-electron chi connectivity index (χ2n) is 12.3. The van der Waals surface area contributed by atoms with Gasteiger partial charge in [0.1, 0.15) is 22.8 Å². The summed E-state index contributed by atoms with van der Waals surface area (Å²) in [6.45, 7) is 8.11. The number of hydrogen-bond acceptors (Lipinski definition) is 10. The van der Waals surface area contributed by atoms with Gasteiger partial charge in [-0.3, -0.25) is 9.59 Å². The lowest BCUT2D eigenvalue weighted by Gasteiger charge is -2.19. The van der Waals surface area contributed by atoms with Gasteiger partial charge in [-0.15, -0.1) is 11.3 Å². The second kappa shape index (κ2) is 14.8. The monoisotopic (exact) mass is 686 g/mol. The van der Waals surface area contributed by atoms with Gasteiger partial charge in [0.25, 0.3) is 11.8 Å². The maximum atomic E-state index is 14.1. The van der Waals surface area contributed by atoms with Gasteiger partial charge in [-0.1, -0.05) is 13.0 Å². The van der Waals surface area contributed by atoms with Crippen LogP contribution in [0.2, 0.25) is 0 Å². The molecule has 3 heterocycles. The van der Waals surface area contributed by atoms with E-state index in [9.17, 15) is 24.3 Å². The largest absolute Gasteiger partial charge is 0.506 e. The van der Waals surface area contributed by atoms with E-state index in [0.29, 0.717) is 48.4 Å². The highest BCUT2D eigenvalue weighted by Gasteiger charge is 2.27. The number of anilines is 1. The Morgan fingerprint density at radius 3 is 2.49 bits per heavy atom. The minimum atomic E-state index is -0.795. The molecule has 0 radical (unpaired) electrons. The molecule has 4 N–H and O–H groups in total. The molecule has 0 saturated carbocycles. The van der Waals surface area contributed by atoms with Crippen molar-refractivity contribution < 1.29 is 38.5 Å². The molecule has 12 nitrogen and oxygen atoms in total. The summed E-state index contributed by atoms with van der Waals surface area (Å²) in [7, 11) is 1.21. The molecule has 0 bridgehead atoms. The number of aromatic hydroxyl groups is 1. The standard InChI is InChI=1S/C36H38N4O8S/c1-6-13-37-33(43)27-10-8-22(30(39-27)34(44)46-5)23-18-29-25(31-21(11-14-47-29)12-15-49-31)17-24(23)32(42)40-26-9-7-20(16-28(26)41)19-38-35(45)48-36(2,3)4/h7-10,12,15-18,41H,6,11,13-14,19H2,1-5H3,(H,37,43)(H,38,45)(H,40,42). The normalized spacial score (nSPS) is 12.0. The Balaban J connectivity index is 1.54. The molecule has 1 aliphatic rings. The van der Waals surface area contributed by atoms with Crippen molar-refractivity contribution in [2.24, 2.45) is 0 Å². The molecule has 0 unspecified atom stereocenters. The lowest BCUT2D eigenvalue weighted by Crippen LogP contribution is -2.32. The highest BCUT2D eigenvalue weighted by Crippen LogP contribution is 2.43. The van der Waals surface area contributed by atoms with Crippen LogP contribution in [0.1, 0.15) is 76.6 Å². The van der Waals surface area contributed by atoms with E-state index in [1.807, 2.05) is 18.4 Å². The zero-order valence-corrected chi connectivity index (χ0v) is 28.7. The van der Waals surface area contributed by atoms with Crippen LogP contribution in [-0.4, -0.2) is 59.8 Å². The minimum Gasteiger partial charge on any atom is -0.506 e. The van der Waals surface area contributed by atoms with Crippen molar-refractivity contribution in [3.63, 3.8) is 0 Å². The topological polar surface area (TPSA) is 165 Å². The van der Waals surface area contributed by atoms with Crippen LogP contribution in [0.25, 0.3) is 21.6 Å². The van der Waals surface area contributed by atoms with E-state index in [-0.39, 0.29) is 40.5 Å². The van der Waals surface area contributed by atoms with Crippen molar-refractivity contribution >= 4 is 40.9 Å². The van der Waals surface area contributed by atoms with Gasteiger partial charge >= 0.3 is 12.1 Å². The van der Waals surface area contributed by atoms with Gasteiger partial charge in [-0.2, -0.15) is 0 Å². The number of hydrogen-bond donors (Lipinski definition) is 4. The third-order valence-corrected chi connectivity index (χ3v) is 8.45. The molecule has 49 heavy (non-hydrogen) atoms. The Morgan fingerprint density at radius 1 is 0.980 bits per heavy atom. The van der Waals surface area contributed by atoms with Gasteiger partial charge in [0.2, 0.25) is 0 Å². The molecule has 3 amide bonds. The maximum absolute atomic E-state index is 14.1. The smallest absolute Gasteiger partial charge is 0.407 e. The number of esters is 1. The van der Waals surface area contributed by atoms with E-state index in [4.69, 9.17) is 14.2 Å². The maximum Gasteiger partial charge on any atom is 0.407 e. The van der Waals surface area contributed by atoms with Crippen molar-refractivity contribution in [3.8, 4) is 33.1 Å². The molecule has 256 valence electrons. The predicted octanol–water partition coefficient (Wildman–Crippen LogP) is 6.32. The summed E-state index contributed by atoms with van der Waals surface area (Å²) in [4.78, 5) is 57.3. The van der Waals surface area contributed by atoms with E-state index in [1.165, 1.54) is 36.6 Å². The van der Waals surface area contributed by atoms with Crippen molar-refractivity contribution in [2.45, 2.75) is 52.7 Å². The number of phenols is 1. The summed E-state index contributed by atoms with van der Waals surface area (Å²) in [6, 6.07) is 13.0. The summed E-state index contributed by atoms with van der Waals surface area (Å²) in [6.07, 6.45) is 0.784. The van der Waals surface area contributed by atoms with E-state index in [0.717, 1.165) is 10.4 Å². The summed E-state index contributed by atoms with van der Waals surface area (Å²) in [5, 5.41) is 21.0. The molecule has 0 fully saturated rings. The van der Waals surface area contributed by atoms with Crippen molar-refractivity contribution in [1.82, 2.24) is 15.6 Å². The SMILES string of the molecule is CCCNC(=O)c1ccc(-c2cc3c(cc2C(=O)Nc2ccc(CNC(=O)OC(C)(C)C)cc2O)-c2sccc2CCO3)c(C(=O)OC)n1. The lowest BCUT2D eigenvalue weighted by atomic mass is 9.93. The van der Waals surface area contributed by atoms with Crippen LogP contribution in [0.3, 0.4) is 0 Å². The number of methoxy groups -OCH3 is 1. The molecule has 2 aromatic heterocycles. The predicted molar refractivity (Wildman–Crippen MR) is 185 cm³/mol. The number of alkyl carbamates (subject to hydrolysis) is 1. The van der Waals surface area contributed by atoms with Crippen LogP contribution < -0.4 is 20.7 Å². The highest BCUT2D eigenvalue weighted by atomic mass is 32.1. The number of aromatic nitrogens is 1. The molecular weight excluding hydrogens is 648 g/mol. The van der Waals surface area contributed by atoms with Crippen molar-refractivity contribution in [1.29, 1.82) is 0 Å². The molecule has 0 atom stereocenters. The molecule has 4 aromatic rings. The van der Waals surface area contributed by atoms with E-state index < -0.39 is 29.5 Å².